The summed E-state index contributed by atoms with van der Waals surface area (Å²) < 4.78 is 0. The van der Waals surface area contributed by atoms with Crippen molar-refractivity contribution in [2.45, 2.75) is 71.8 Å². The van der Waals surface area contributed by atoms with Gasteiger partial charge >= 0.3 is 0 Å². The molecule has 1 aliphatic rings. The van der Waals surface area contributed by atoms with E-state index >= 15 is 0 Å². The molecule has 0 aliphatic heterocycles. The van der Waals surface area contributed by atoms with Crippen LogP contribution in [0.3, 0.4) is 0 Å². The highest BCUT2D eigenvalue weighted by atomic mass is 16.1. The van der Waals surface area contributed by atoms with E-state index in [0.29, 0.717) is 18.9 Å². The zero-order valence-electron chi connectivity index (χ0n) is 12.3. The number of nitrogens with two attached hydrogens (primary N) is 1. The van der Waals surface area contributed by atoms with E-state index in [1.807, 2.05) is 0 Å². The van der Waals surface area contributed by atoms with E-state index < -0.39 is 0 Å². The molecule has 1 unspecified atom stereocenters. The first-order valence-corrected chi connectivity index (χ1v) is 7.43. The quantitative estimate of drug-likeness (QED) is 0.758. The Bertz CT molecular complexity index is 250. The lowest BCUT2D eigenvalue weighted by Crippen LogP contribution is -2.48. The molecule has 1 atom stereocenters. The minimum atomic E-state index is 0.0356. The lowest BCUT2D eigenvalue weighted by Gasteiger charge is -2.31. The second kappa shape index (κ2) is 7.13. The Morgan fingerprint density at radius 1 is 1.22 bits per heavy atom. The minimum absolute atomic E-state index is 0.0356. The molecule has 0 aromatic carbocycles. The average molecular weight is 254 g/mol. The summed E-state index contributed by atoms with van der Waals surface area (Å²) in [5, 5.41) is 3.11. The number of carbonyl (C=O) groups excluding carboxylic acids is 1. The van der Waals surface area contributed by atoms with Crippen LogP contribution in [0.4, 0.5) is 0 Å². The smallest absolute Gasteiger partial charge is 0.220 e. The van der Waals surface area contributed by atoms with Crippen molar-refractivity contribution in [2.24, 2.45) is 17.1 Å². The zero-order valence-corrected chi connectivity index (χ0v) is 12.3. The van der Waals surface area contributed by atoms with Crippen LogP contribution in [0.2, 0.25) is 0 Å². The Kier molecular flexibility index (Phi) is 6.13. The molecule has 0 radical (unpaired) electrons. The molecule has 3 heteroatoms. The third kappa shape index (κ3) is 5.38. The van der Waals surface area contributed by atoms with E-state index in [1.54, 1.807) is 0 Å². The predicted octanol–water partition coefficient (Wildman–Crippen LogP) is 2.84. The van der Waals surface area contributed by atoms with Gasteiger partial charge in [0.25, 0.3) is 0 Å². The van der Waals surface area contributed by atoms with E-state index in [2.05, 4.69) is 26.1 Å². The van der Waals surface area contributed by atoms with E-state index in [9.17, 15) is 4.79 Å². The Balaban J connectivity index is 2.39. The molecule has 0 aromatic heterocycles. The van der Waals surface area contributed by atoms with Crippen molar-refractivity contribution in [3.8, 4) is 0 Å². The van der Waals surface area contributed by atoms with Crippen molar-refractivity contribution in [3.05, 3.63) is 0 Å². The van der Waals surface area contributed by atoms with Crippen LogP contribution in [0, 0.1) is 11.3 Å². The summed E-state index contributed by atoms with van der Waals surface area (Å²) in [6.45, 7) is 6.88. The first-order valence-electron chi connectivity index (χ1n) is 7.43. The summed E-state index contributed by atoms with van der Waals surface area (Å²) in [4.78, 5) is 12.1. The number of carbonyl (C=O) groups is 1. The van der Waals surface area contributed by atoms with Gasteiger partial charge in [-0.25, -0.2) is 0 Å². The third-order valence-corrected chi connectivity index (χ3v) is 4.07. The number of amides is 1. The van der Waals surface area contributed by atoms with E-state index in [1.165, 1.54) is 38.5 Å². The molecule has 0 heterocycles. The van der Waals surface area contributed by atoms with Crippen molar-refractivity contribution in [3.63, 3.8) is 0 Å². The monoisotopic (exact) mass is 254 g/mol. The molecule has 0 aromatic rings. The molecule has 1 amide bonds. The van der Waals surface area contributed by atoms with Gasteiger partial charge in [0.2, 0.25) is 5.91 Å². The Morgan fingerprint density at radius 3 is 2.22 bits per heavy atom. The van der Waals surface area contributed by atoms with E-state index in [0.717, 1.165) is 0 Å². The maximum atomic E-state index is 12.1. The van der Waals surface area contributed by atoms with Gasteiger partial charge in [-0.2, -0.15) is 0 Å². The van der Waals surface area contributed by atoms with Crippen LogP contribution in [-0.4, -0.2) is 18.5 Å². The average Bonchev–Trinajstić information content (AvgIpc) is 2.52. The SMILES string of the molecule is CC(C)(C)C(CN)NC(=O)CC1CCCCCC1. The summed E-state index contributed by atoms with van der Waals surface area (Å²) in [5.41, 5.74) is 5.79. The topological polar surface area (TPSA) is 55.1 Å². The van der Waals surface area contributed by atoms with Crippen LogP contribution in [0.1, 0.15) is 65.7 Å². The van der Waals surface area contributed by atoms with Crippen LogP contribution in [0.5, 0.6) is 0 Å². The van der Waals surface area contributed by atoms with Gasteiger partial charge in [0.05, 0.1) is 0 Å². The van der Waals surface area contributed by atoms with Crippen LogP contribution in [0.15, 0.2) is 0 Å². The van der Waals surface area contributed by atoms with Crippen molar-refractivity contribution in [1.29, 1.82) is 0 Å². The summed E-state index contributed by atoms with van der Waals surface area (Å²) in [5.74, 6) is 0.776. The zero-order chi connectivity index (χ0) is 13.6. The van der Waals surface area contributed by atoms with Gasteiger partial charge in [-0.1, -0.05) is 46.5 Å². The van der Waals surface area contributed by atoms with Crippen LogP contribution >= 0.6 is 0 Å². The fourth-order valence-corrected chi connectivity index (χ4v) is 2.71. The highest BCUT2D eigenvalue weighted by Gasteiger charge is 2.25. The maximum Gasteiger partial charge on any atom is 0.220 e. The fourth-order valence-electron chi connectivity index (χ4n) is 2.71. The predicted molar refractivity (Wildman–Crippen MR) is 76.2 cm³/mol. The molecule has 3 N–H and O–H groups in total. The molecule has 106 valence electrons. The number of hydrogen-bond acceptors (Lipinski definition) is 2. The lowest BCUT2D eigenvalue weighted by atomic mass is 9.86. The first kappa shape index (κ1) is 15.5. The molecule has 0 spiro atoms. The first-order chi connectivity index (χ1) is 8.43. The lowest BCUT2D eigenvalue weighted by molar-refractivity contribution is -0.123. The Hall–Kier alpha value is -0.570. The molecule has 18 heavy (non-hydrogen) atoms. The molecule has 3 nitrogen and oxygen atoms in total. The number of nitrogens with one attached hydrogen (secondary N) is 1. The van der Waals surface area contributed by atoms with Crippen molar-refractivity contribution < 1.29 is 4.79 Å². The van der Waals surface area contributed by atoms with Gasteiger partial charge < -0.3 is 11.1 Å². The highest BCUT2D eigenvalue weighted by Crippen LogP contribution is 2.26. The fraction of sp³-hybridized carbons (Fsp3) is 0.933. The molecule has 1 aliphatic carbocycles. The molecule has 0 saturated heterocycles. The molecule has 0 bridgehead atoms. The van der Waals surface area contributed by atoms with Crippen LogP contribution in [-0.2, 0) is 4.79 Å². The Morgan fingerprint density at radius 2 is 1.78 bits per heavy atom. The second-order valence-corrected chi connectivity index (χ2v) is 6.78. The van der Waals surface area contributed by atoms with E-state index in [-0.39, 0.29) is 17.4 Å². The Labute approximate surface area is 112 Å². The third-order valence-electron chi connectivity index (χ3n) is 4.07. The maximum absolute atomic E-state index is 12.1. The molecular weight excluding hydrogens is 224 g/mol. The van der Waals surface area contributed by atoms with Gasteiger partial charge in [-0.3, -0.25) is 4.79 Å². The standard InChI is InChI=1S/C15H30N2O/c1-15(2,3)13(11-16)17-14(18)10-12-8-6-4-5-7-9-12/h12-13H,4-11,16H2,1-3H3,(H,17,18). The van der Waals surface area contributed by atoms with Gasteiger partial charge in [-0.15, -0.1) is 0 Å². The van der Waals surface area contributed by atoms with Gasteiger partial charge in [0.15, 0.2) is 0 Å². The molecule has 1 fully saturated rings. The molecular formula is C15H30N2O. The van der Waals surface area contributed by atoms with Crippen molar-refractivity contribution in [2.75, 3.05) is 6.54 Å². The van der Waals surface area contributed by atoms with Crippen molar-refractivity contribution >= 4 is 5.91 Å². The highest BCUT2D eigenvalue weighted by molar-refractivity contribution is 5.76. The second-order valence-electron chi connectivity index (χ2n) is 6.78. The summed E-state index contributed by atoms with van der Waals surface area (Å²) in [6.07, 6.45) is 8.38. The van der Waals surface area contributed by atoms with E-state index in [4.69, 9.17) is 5.73 Å². The summed E-state index contributed by atoms with van der Waals surface area (Å²) >= 11 is 0. The van der Waals surface area contributed by atoms with Crippen LogP contribution < -0.4 is 11.1 Å². The normalized spacial score (nSPS) is 20.2. The van der Waals surface area contributed by atoms with Gasteiger partial charge in [-0.05, 0) is 24.2 Å². The summed E-state index contributed by atoms with van der Waals surface area (Å²) in [7, 11) is 0. The molecule has 1 rings (SSSR count). The number of rotatable bonds is 4. The largest absolute Gasteiger partial charge is 0.352 e. The molecule has 1 saturated carbocycles. The van der Waals surface area contributed by atoms with Gasteiger partial charge in [0, 0.05) is 19.0 Å². The summed E-state index contributed by atoms with van der Waals surface area (Å²) in [6, 6.07) is 0.0794. The minimum Gasteiger partial charge on any atom is -0.352 e. The van der Waals surface area contributed by atoms with Gasteiger partial charge in [0.1, 0.15) is 0 Å². The van der Waals surface area contributed by atoms with Crippen molar-refractivity contribution in [1.82, 2.24) is 5.32 Å². The number of hydrogen-bond donors (Lipinski definition) is 2. The van der Waals surface area contributed by atoms with Crippen LogP contribution in [0.25, 0.3) is 0 Å².